The van der Waals surface area contributed by atoms with Gasteiger partial charge in [0.05, 0.1) is 12.0 Å². The van der Waals surface area contributed by atoms with Crippen LogP contribution in [-0.2, 0) is 9.53 Å². The minimum absolute atomic E-state index is 0.273. The van der Waals surface area contributed by atoms with Crippen LogP contribution in [0.1, 0.15) is 46.0 Å². The molecule has 4 heteroatoms. The van der Waals surface area contributed by atoms with E-state index in [-0.39, 0.29) is 6.61 Å². The van der Waals surface area contributed by atoms with Crippen molar-refractivity contribution in [2.45, 2.75) is 57.4 Å². The first kappa shape index (κ1) is 14.7. The summed E-state index contributed by atoms with van der Waals surface area (Å²) in [4.78, 5) is 11.1. The van der Waals surface area contributed by atoms with Gasteiger partial charge in [-0.25, -0.2) is 4.79 Å². The molecule has 0 heterocycles. The van der Waals surface area contributed by atoms with Crippen molar-refractivity contribution < 1.29 is 14.6 Å². The Morgan fingerprint density at radius 1 is 1.33 bits per heavy atom. The van der Waals surface area contributed by atoms with Gasteiger partial charge in [-0.2, -0.15) is 0 Å². The highest BCUT2D eigenvalue weighted by Gasteiger charge is 2.24. The first-order valence-corrected chi connectivity index (χ1v) is 6.05. The second kappa shape index (κ2) is 8.98. The number of carbonyl (C=O) groups excluding carboxylic acids is 1. The highest BCUT2D eigenvalue weighted by atomic mass is 35.5. The molecule has 15 heavy (non-hydrogen) atoms. The van der Waals surface area contributed by atoms with Gasteiger partial charge in [-0.3, -0.25) is 0 Å². The summed E-state index contributed by atoms with van der Waals surface area (Å²) in [6, 6.07) is 0. The van der Waals surface area contributed by atoms with E-state index in [0.29, 0.717) is 6.42 Å². The van der Waals surface area contributed by atoms with E-state index in [4.69, 9.17) is 11.6 Å². The highest BCUT2D eigenvalue weighted by Crippen LogP contribution is 2.14. The molecule has 0 aromatic rings. The molecule has 0 rings (SSSR count). The number of carbonyl (C=O) groups is 1. The Morgan fingerprint density at radius 2 is 2.00 bits per heavy atom. The first-order valence-electron chi connectivity index (χ1n) is 5.62. The number of aliphatic hydroxyl groups is 1. The van der Waals surface area contributed by atoms with Crippen LogP contribution in [0.5, 0.6) is 0 Å². The van der Waals surface area contributed by atoms with Crippen LogP contribution in [0, 0.1) is 0 Å². The first-order chi connectivity index (χ1) is 7.13. The van der Waals surface area contributed by atoms with Gasteiger partial charge in [-0.05, 0) is 13.3 Å². The van der Waals surface area contributed by atoms with E-state index >= 15 is 0 Å². The Hall–Kier alpha value is -0.280. The van der Waals surface area contributed by atoms with Gasteiger partial charge in [-0.1, -0.05) is 32.6 Å². The van der Waals surface area contributed by atoms with Crippen molar-refractivity contribution >= 4 is 17.6 Å². The Balaban J connectivity index is 3.68. The largest absolute Gasteiger partial charge is 0.464 e. The fraction of sp³-hybridized carbons (Fsp3) is 0.909. The summed E-state index contributed by atoms with van der Waals surface area (Å²) >= 11 is 5.89. The molecule has 0 aromatic heterocycles. The van der Waals surface area contributed by atoms with Crippen molar-refractivity contribution in [1.82, 2.24) is 0 Å². The molecule has 0 bridgehead atoms. The van der Waals surface area contributed by atoms with Gasteiger partial charge >= 0.3 is 5.97 Å². The number of halogens is 1. The number of alkyl halides is 1. The average molecular weight is 237 g/mol. The minimum atomic E-state index is -1.19. The maximum atomic E-state index is 11.1. The van der Waals surface area contributed by atoms with Crippen LogP contribution in [0.3, 0.4) is 0 Å². The summed E-state index contributed by atoms with van der Waals surface area (Å²) in [7, 11) is 0. The highest BCUT2D eigenvalue weighted by molar-refractivity contribution is 6.22. The molecule has 90 valence electrons. The molecule has 0 aliphatic carbocycles. The second-order valence-electron chi connectivity index (χ2n) is 3.56. The van der Waals surface area contributed by atoms with E-state index in [1.54, 1.807) is 6.92 Å². The molecular weight excluding hydrogens is 216 g/mol. The molecule has 0 unspecified atom stereocenters. The van der Waals surface area contributed by atoms with Crippen molar-refractivity contribution in [3.63, 3.8) is 0 Å². The van der Waals surface area contributed by atoms with Crippen LogP contribution < -0.4 is 0 Å². The molecule has 3 nitrogen and oxygen atoms in total. The van der Waals surface area contributed by atoms with Crippen molar-refractivity contribution in [3.05, 3.63) is 0 Å². The fourth-order valence-corrected chi connectivity index (χ4v) is 1.56. The molecule has 0 fully saturated rings. The Labute approximate surface area is 96.8 Å². The maximum absolute atomic E-state index is 11.1. The van der Waals surface area contributed by atoms with Crippen LogP contribution in [0.4, 0.5) is 0 Å². The fourth-order valence-electron chi connectivity index (χ4n) is 1.30. The smallest absolute Gasteiger partial charge is 0.336 e. The van der Waals surface area contributed by atoms with Crippen LogP contribution in [-0.4, -0.2) is 29.2 Å². The monoisotopic (exact) mass is 236 g/mol. The third kappa shape index (κ3) is 6.74. The number of unbranched alkanes of at least 4 members (excludes halogenated alkanes) is 3. The topological polar surface area (TPSA) is 46.5 Å². The zero-order valence-corrected chi connectivity index (χ0v) is 10.3. The van der Waals surface area contributed by atoms with Crippen molar-refractivity contribution in [2.75, 3.05) is 6.61 Å². The predicted octanol–water partition coefficient (Wildman–Crippen LogP) is 2.49. The molecule has 0 spiro atoms. The summed E-state index contributed by atoms with van der Waals surface area (Å²) in [6.07, 6.45) is 3.83. The minimum Gasteiger partial charge on any atom is -0.464 e. The van der Waals surface area contributed by atoms with E-state index in [1.165, 1.54) is 6.42 Å². The van der Waals surface area contributed by atoms with Crippen molar-refractivity contribution in [3.8, 4) is 0 Å². The number of rotatable bonds is 8. The predicted molar refractivity (Wildman–Crippen MR) is 61.0 cm³/mol. The quantitative estimate of drug-likeness (QED) is 0.400. The number of esters is 1. The van der Waals surface area contributed by atoms with Gasteiger partial charge in [0.25, 0.3) is 0 Å². The molecule has 0 radical (unpaired) electrons. The Bertz CT molecular complexity index is 173. The van der Waals surface area contributed by atoms with Crippen LogP contribution in [0.25, 0.3) is 0 Å². The lowest BCUT2D eigenvalue weighted by atomic mass is 10.1. The zero-order chi connectivity index (χ0) is 11.7. The number of ether oxygens (including phenoxy) is 1. The lowest BCUT2D eigenvalue weighted by Crippen LogP contribution is -2.32. The van der Waals surface area contributed by atoms with E-state index in [1.807, 2.05) is 0 Å². The molecular formula is C11H21ClO3. The zero-order valence-electron chi connectivity index (χ0n) is 9.54. The molecule has 0 amide bonds. The van der Waals surface area contributed by atoms with Gasteiger partial charge in [0.15, 0.2) is 6.10 Å². The molecule has 0 aliphatic rings. The maximum Gasteiger partial charge on any atom is 0.336 e. The van der Waals surface area contributed by atoms with Gasteiger partial charge in [0.2, 0.25) is 0 Å². The number of hydrogen-bond acceptors (Lipinski definition) is 3. The van der Waals surface area contributed by atoms with Crippen LogP contribution in [0.2, 0.25) is 0 Å². The number of aliphatic hydroxyl groups excluding tert-OH is 1. The Kier molecular flexibility index (Phi) is 8.82. The van der Waals surface area contributed by atoms with E-state index in [0.717, 1.165) is 19.3 Å². The third-order valence-corrected chi connectivity index (χ3v) is 2.66. The van der Waals surface area contributed by atoms with Crippen molar-refractivity contribution in [2.24, 2.45) is 0 Å². The summed E-state index contributed by atoms with van der Waals surface area (Å²) in [6.45, 7) is 4.11. The SMILES string of the molecule is CCCCCC[C@H](Cl)[C@@H](O)C(=O)OCC. The molecule has 2 atom stereocenters. The molecule has 0 saturated carbocycles. The van der Waals surface area contributed by atoms with Crippen LogP contribution in [0.15, 0.2) is 0 Å². The second-order valence-corrected chi connectivity index (χ2v) is 4.12. The molecule has 0 aliphatic heterocycles. The number of hydrogen-bond donors (Lipinski definition) is 1. The molecule has 1 N–H and O–H groups in total. The van der Waals surface area contributed by atoms with Crippen molar-refractivity contribution in [1.29, 1.82) is 0 Å². The van der Waals surface area contributed by atoms with Gasteiger partial charge in [0, 0.05) is 0 Å². The molecule has 0 aromatic carbocycles. The van der Waals surface area contributed by atoms with E-state index in [2.05, 4.69) is 11.7 Å². The molecule has 0 saturated heterocycles. The summed E-state index contributed by atoms with van der Waals surface area (Å²) in [5.74, 6) is -0.618. The normalized spacial score (nSPS) is 14.7. The Morgan fingerprint density at radius 3 is 2.53 bits per heavy atom. The standard InChI is InChI=1S/C11H21ClO3/c1-3-5-6-7-8-9(12)10(13)11(14)15-4-2/h9-10,13H,3-8H2,1-2H3/t9-,10+/m0/s1. The lowest BCUT2D eigenvalue weighted by Gasteiger charge is -2.15. The third-order valence-electron chi connectivity index (χ3n) is 2.20. The van der Waals surface area contributed by atoms with Gasteiger partial charge in [0.1, 0.15) is 0 Å². The lowest BCUT2D eigenvalue weighted by molar-refractivity contribution is -0.153. The van der Waals surface area contributed by atoms with E-state index in [9.17, 15) is 9.90 Å². The average Bonchev–Trinajstić information content (AvgIpc) is 2.23. The van der Waals surface area contributed by atoms with E-state index < -0.39 is 17.5 Å². The summed E-state index contributed by atoms with van der Waals surface area (Å²) in [5.41, 5.74) is 0. The van der Waals surface area contributed by atoms with Gasteiger partial charge in [-0.15, -0.1) is 11.6 Å². The van der Waals surface area contributed by atoms with Gasteiger partial charge < -0.3 is 9.84 Å². The summed E-state index contributed by atoms with van der Waals surface area (Å²) in [5, 5.41) is 8.94. The van der Waals surface area contributed by atoms with Crippen LogP contribution >= 0.6 is 11.6 Å². The summed E-state index contributed by atoms with van der Waals surface area (Å²) < 4.78 is 4.68.